The zero-order chi connectivity index (χ0) is 36.3. The third kappa shape index (κ3) is 5.43. The molecule has 0 spiro atoms. The van der Waals surface area contributed by atoms with Gasteiger partial charge in [-0.15, -0.1) is 22.7 Å². The summed E-state index contributed by atoms with van der Waals surface area (Å²) in [5.41, 5.74) is 10.7. The van der Waals surface area contributed by atoms with Crippen LogP contribution in [0, 0.1) is 0 Å². The van der Waals surface area contributed by atoms with E-state index < -0.39 is 0 Å². The number of nitrogens with zero attached hydrogens (tertiary/aromatic N) is 1. The Hall–Kier alpha value is -6.52. The topological polar surface area (TPSA) is 3.24 Å². The Labute approximate surface area is 327 Å². The van der Waals surface area contributed by atoms with Crippen molar-refractivity contribution in [1.82, 2.24) is 0 Å². The third-order valence-electron chi connectivity index (χ3n) is 10.9. The van der Waals surface area contributed by atoms with Crippen LogP contribution in [0.1, 0.15) is 0 Å². The standard InChI is InChI=1S/C52H33NS2/c1-2-16-40-34(12-1)13-10-20-41(40)36-14-9-15-37(32-36)42-17-3-6-23-48(42)53(39-30-31-51-47(33-39)45-19-5-7-24-49(45)54-51)38-28-26-35(27-29-38)43-21-11-22-46-44-18-4-8-25-50(44)55-52(43)46/h1-33H. The van der Waals surface area contributed by atoms with Crippen LogP contribution in [0.5, 0.6) is 0 Å². The Morgan fingerprint density at radius 3 is 1.73 bits per heavy atom. The van der Waals surface area contributed by atoms with Crippen molar-refractivity contribution in [1.29, 1.82) is 0 Å². The lowest BCUT2D eigenvalue weighted by Crippen LogP contribution is -2.11. The van der Waals surface area contributed by atoms with E-state index in [1.54, 1.807) is 0 Å². The van der Waals surface area contributed by atoms with Gasteiger partial charge in [-0.3, -0.25) is 0 Å². The van der Waals surface area contributed by atoms with Gasteiger partial charge in [0.25, 0.3) is 0 Å². The van der Waals surface area contributed by atoms with Gasteiger partial charge in [0.15, 0.2) is 0 Å². The lowest BCUT2D eigenvalue weighted by atomic mass is 9.94. The van der Waals surface area contributed by atoms with Crippen LogP contribution in [-0.2, 0) is 0 Å². The van der Waals surface area contributed by atoms with Gasteiger partial charge in [-0.25, -0.2) is 0 Å². The largest absolute Gasteiger partial charge is 0.310 e. The van der Waals surface area contributed by atoms with Crippen molar-refractivity contribution >= 4 is 90.9 Å². The highest BCUT2D eigenvalue weighted by Crippen LogP contribution is 2.46. The summed E-state index contributed by atoms with van der Waals surface area (Å²) in [7, 11) is 0. The van der Waals surface area contributed by atoms with Gasteiger partial charge in [0, 0.05) is 57.3 Å². The first-order valence-corrected chi connectivity index (χ1v) is 20.3. The van der Waals surface area contributed by atoms with Crippen LogP contribution in [0.4, 0.5) is 17.1 Å². The summed E-state index contributed by atoms with van der Waals surface area (Å²) in [6, 6.07) is 73.5. The Balaban J connectivity index is 1.08. The minimum absolute atomic E-state index is 1.11. The lowest BCUT2D eigenvalue weighted by molar-refractivity contribution is 1.29. The van der Waals surface area contributed by atoms with E-state index in [9.17, 15) is 0 Å². The van der Waals surface area contributed by atoms with Gasteiger partial charge in [0.2, 0.25) is 0 Å². The Bertz CT molecular complexity index is 3220. The summed E-state index contributed by atoms with van der Waals surface area (Å²) in [6.45, 7) is 0. The van der Waals surface area contributed by atoms with Crippen LogP contribution in [-0.4, -0.2) is 0 Å². The van der Waals surface area contributed by atoms with E-state index in [2.05, 4.69) is 205 Å². The van der Waals surface area contributed by atoms with E-state index in [1.807, 2.05) is 22.7 Å². The zero-order valence-electron chi connectivity index (χ0n) is 29.8. The number of para-hydroxylation sites is 1. The maximum Gasteiger partial charge on any atom is 0.0540 e. The number of thiophene rings is 2. The molecule has 1 nitrogen and oxygen atoms in total. The van der Waals surface area contributed by atoms with E-state index in [0.29, 0.717) is 0 Å². The van der Waals surface area contributed by atoms with Crippen molar-refractivity contribution < 1.29 is 0 Å². The van der Waals surface area contributed by atoms with E-state index in [-0.39, 0.29) is 0 Å². The van der Waals surface area contributed by atoms with Crippen molar-refractivity contribution in [3.63, 3.8) is 0 Å². The molecule has 0 radical (unpaired) electrons. The summed E-state index contributed by atoms with van der Waals surface area (Å²) in [5.74, 6) is 0. The van der Waals surface area contributed by atoms with Crippen molar-refractivity contribution in [3.8, 4) is 33.4 Å². The number of anilines is 3. The maximum atomic E-state index is 2.44. The van der Waals surface area contributed by atoms with Crippen LogP contribution in [0.3, 0.4) is 0 Å². The van der Waals surface area contributed by atoms with E-state index in [1.165, 1.54) is 84.5 Å². The van der Waals surface area contributed by atoms with E-state index in [0.717, 1.165) is 17.1 Å². The monoisotopic (exact) mass is 735 g/mol. The average Bonchev–Trinajstić information content (AvgIpc) is 3.82. The van der Waals surface area contributed by atoms with Gasteiger partial charge >= 0.3 is 0 Å². The second-order valence-electron chi connectivity index (χ2n) is 14.1. The van der Waals surface area contributed by atoms with Gasteiger partial charge in [-0.05, 0) is 93.2 Å². The molecule has 11 aromatic rings. The highest BCUT2D eigenvalue weighted by Gasteiger charge is 2.20. The molecule has 0 atom stereocenters. The van der Waals surface area contributed by atoms with Crippen molar-refractivity contribution in [2.24, 2.45) is 0 Å². The average molecular weight is 736 g/mol. The fourth-order valence-electron chi connectivity index (χ4n) is 8.29. The SMILES string of the molecule is c1cc(-c2ccccc2N(c2ccc(-c3cccc4c3sc3ccccc34)cc2)c2ccc3sc4ccccc4c3c2)cc(-c2cccc3ccccc23)c1. The van der Waals surface area contributed by atoms with Crippen molar-refractivity contribution in [2.45, 2.75) is 0 Å². The molecule has 0 saturated carbocycles. The molecule has 0 saturated heterocycles. The summed E-state index contributed by atoms with van der Waals surface area (Å²) in [6.07, 6.45) is 0. The highest BCUT2D eigenvalue weighted by atomic mass is 32.1. The number of rotatable bonds is 6. The zero-order valence-corrected chi connectivity index (χ0v) is 31.4. The quantitative estimate of drug-likeness (QED) is 0.164. The van der Waals surface area contributed by atoms with Gasteiger partial charge in [-0.2, -0.15) is 0 Å². The Morgan fingerprint density at radius 2 is 0.873 bits per heavy atom. The predicted molar refractivity (Wildman–Crippen MR) is 241 cm³/mol. The molecule has 0 unspecified atom stereocenters. The molecule has 0 aliphatic rings. The summed E-state index contributed by atoms with van der Waals surface area (Å²) >= 11 is 3.74. The van der Waals surface area contributed by atoms with Crippen molar-refractivity contribution in [3.05, 3.63) is 200 Å². The normalized spacial score (nSPS) is 11.6. The molecule has 2 heterocycles. The van der Waals surface area contributed by atoms with Crippen LogP contribution < -0.4 is 4.90 Å². The fraction of sp³-hybridized carbons (Fsp3) is 0. The molecule has 0 aliphatic carbocycles. The van der Waals surface area contributed by atoms with Gasteiger partial charge < -0.3 is 4.90 Å². The first kappa shape index (κ1) is 32.0. The number of benzene rings is 9. The van der Waals surface area contributed by atoms with Crippen LogP contribution in [0.25, 0.3) is 84.5 Å². The predicted octanol–water partition coefficient (Wildman–Crippen LogP) is 16.0. The first-order valence-electron chi connectivity index (χ1n) is 18.7. The van der Waals surface area contributed by atoms with Crippen LogP contribution >= 0.6 is 22.7 Å². The molecule has 55 heavy (non-hydrogen) atoms. The number of fused-ring (bicyclic) bond motifs is 7. The minimum atomic E-state index is 1.11. The van der Waals surface area contributed by atoms with E-state index in [4.69, 9.17) is 0 Å². The second-order valence-corrected chi connectivity index (χ2v) is 16.2. The van der Waals surface area contributed by atoms with Crippen LogP contribution in [0.15, 0.2) is 200 Å². The summed E-state index contributed by atoms with van der Waals surface area (Å²) in [4.78, 5) is 2.44. The molecule has 0 bridgehead atoms. The van der Waals surface area contributed by atoms with Gasteiger partial charge in [0.1, 0.15) is 0 Å². The molecule has 2 aromatic heterocycles. The molecular formula is C52H33NS2. The lowest BCUT2D eigenvalue weighted by Gasteiger charge is -2.28. The highest BCUT2D eigenvalue weighted by molar-refractivity contribution is 7.26. The molecule has 3 heteroatoms. The second kappa shape index (κ2) is 13.1. The summed E-state index contributed by atoms with van der Waals surface area (Å²) in [5, 5.41) is 7.74. The fourth-order valence-corrected chi connectivity index (χ4v) is 10.6. The molecule has 0 amide bonds. The molecule has 11 rings (SSSR count). The van der Waals surface area contributed by atoms with Gasteiger partial charge in [-0.1, -0.05) is 146 Å². The van der Waals surface area contributed by atoms with Crippen LogP contribution in [0.2, 0.25) is 0 Å². The molecule has 9 aromatic carbocycles. The molecule has 0 fully saturated rings. The van der Waals surface area contributed by atoms with E-state index >= 15 is 0 Å². The summed E-state index contributed by atoms with van der Waals surface area (Å²) < 4.78 is 5.27. The molecule has 0 N–H and O–H groups in total. The maximum absolute atomic E-state index is 2.44. The smallest absolute Gasteiger partial charge is 0.0540 e. The first-order chi connectivity index (χ1) is 27.3. The van der Waals surface area contributed by atoms with Gasteiger partial charge in [0.05, 0.1) is 5.69 Å². The molecule has 0 aliphatic heterocycles. The Kier molecular flexibility index (Phi) is 7.61. The number of hydrogen-bond donors (Lipinski definition) is 0. The third-order valence-corrected chi connectivity index (χ3v) is 13.3. The molecular weight excluding hydrogens is 703 g/mol. The Morgan fingerprint density at radius 1 is 0.309 bits per heavy atom. The number of hydrogen-bond acceptors (Lipinski definition) is 3. The minimum Gasteiger partial charge on any atom is -0.310 e. The van der Waals surface area contributed by atoms with Crippen molar-refractivity contribution in [2.75, 3.05) is 4.90 Å². The molecule has 258 valence electrons.